The third kappa shape index (κ3) is 7.53. The Morgan fingerprint density at radius 3 is 2.77 bits per heavy atom. The average molecular weight is 591 g/mol. The van der Waals surface area contributed by atoms with Gasteiger partial charge < -0.3 is 33.9 Å². The number of carbonyl (C=O) groups is 3. The Hall–Kier alpha value is -4.38. The fourth-order valence-corrected chi connectivity index (χ4v) is 5.33. The number of likely N-dealkylation sites (N-methyl/N-ethyl adjacent to an activating group) is 1. The first-order valence-electron chi connectivity index (χ1n) is 14.6. The van der Waals surface area contributed by atoms with Gasteiger partial charge in [0.1, 0.15) is 23.0 Å². The number of benzene rings is 2. The summed E-state index contributed by atoms with van der Waals surface area (Å²) in [4.78, 5) is 42.9. The molecule has 5 rings (SSSR count). The van der Waals surface area contributed by atoms with E-state index >= 15 is 0 Å². The lowest BCUT2D eigenvalue weighted by molar-refractivity contribution is -0.124. The van der Waals surface area contributed by atoms with Gasteiger partial charge in [0.25, 0.3) is 11.8 Å². The number of likely N-dealkylation sites (tertiary alicyclic amines) is 1. The van der Waals surface area contributed by atoms with Crippen molar-refractivity contribution < 1.29 is 33.1 Å². The van der Waals surface area contributed by atoms with Gasteiger partial charge in [-0.15, -0.1) is 0 Å². The monoisotopic (exact) mass is 590 g/mol. The highest BCUT2D eigenvalue weighted by molar-refractivity contribution is 5.97. The summed E-state index contributed by atoms with van der Waals surface area (Å²) in [6.07, 6.45) is 0.829. The molecular weight excluding hydrogens is 552 g/mol. The van der Waals surface area contributed by atoms with Gasteiger partial charge in [0.05, 0.1) is 31.9 Å². The highest BCUT2D eigenvalue weighted by Crippen LogP contribution is 2.29. The highest BCUT2D eigenvalue weighted by atomic mass is 16.5. The summed E-state index contributed by atoms with van der Waals surface area (Å²) in [7, 11) is 1.56. The summed E-state index contributed by atoms with van der Waals surface area (Å²) in [5.74, 6) is 1.55. The Kier molecular flexibility index (Phi) is 9.30. The second kappa shape index (κ2) is 13.3. The van der Waals surface area contributed by atoms with E-state index in [1.165, 1.54) is 4.90 Å². The molecule has 1 aromatic heterocycles. The fraction of sp³-hybridized carbons (Fsp3) is 0.438. The van der Waals surface area contributed by atoms with Gasteiger partial charge >= 0.3 is 0 Å². The van der Waals surface area contributed by atoms with Crippen LogP contribution in [0.1, 0.15) is 59.4 Å². The predicted molar refractivity (Wildman–Crippen MR) is 157 cm³/mol. The SMILES string of the molecule is CCOc1cc2cc(c1)C(=O)N(C)CC(=O)N[C@H]1CN(C(=O)c3cc(CC(C)C)on3)CC[C@H]1OCc1cccc(c1)O2. The third-order valence-electron chi connectivity index (χ3n) is 7.33. The number of ether oxygens (including phenoxy) is 3. The van der Waals surface area contributed by atoms with Crippen molar-refractivity contribution in [2.24, 2.45) is 5.92 Å². The fourth-order valence-electron chi connectivity index (χ4n) is 5.33. The zero-order valence-electron chi connectivity index (χ0n) is 25.0. The third-order valence-corrected chi connectivity index (χ3v) is 7.33. The molecule has 2 atom stereocenters. The molecular formula is C32H38N4O7. The van der Waals surface area contributed by atoms with Crippen molar-refractivity contribution in [3.8, 4) is 17.2 Å². The van der Waals surface area contributed by atoms with Crippen LogP contribution in [0.25, 0.3) is 0 Å². The number of hydrogen-bond donors (Lipinski definition) is 1. The van der Waals surface area contributed by atoms with Crippen LogP contribution in [-0.2, 0) is 22.6 Å². The number of nitrogens with one attached hydrogen (secondary N) is 1. The van der Waals surface area contributed by atoms with Crippen molar-refractivity contribution in [3.05, 3.63) is 71.1 Å². The van der Waals surface area contributed by atoms with Crippen molar-refractivity contribution in [3.63, 3.8) is 0 Å². The number of aromatic nitrogens is 1. The molecule has 1 N–H and O–H groups in total. The van der Waals surface area contributed by atoms with E-state index in [2.05, 4.69) is 24.3 Å². The summed E-state index contributed by atoms with van der Waals surface area (Å²) in [5.41, 5.74) is 1.45. The highest BCUT2D eigenvalue weighted by Gasteiger charge is 2.35. The quantitative estimate of drug-likeness (QED) is 0.472. The molecule has 2 aromatic carbocycles. The smallest absolute Gasteiger partial charge is 0.276 e. The normalized spacial score (nSPS) is 19.5. The average Bonchev–Trinajstić information content (AvgIpc) is 3.43. The molecule has 0 unspecified atom stereocenters. The molecule has 3 aromatic rings. The van der Waals surface area contributed by atoms with Crippen LogP contribution in [0.2, 0.25) is 0 Å². The summed E-state index contributed by atoms with van der Waals surface area (Å²) >= 11 is 0. The maximum absolute atomic E-state index is 13.4. The minimum atomic E-state index is -0.504. The van der Waals surface area contributed by atoms with Crippen LogP contribution in [0.3, 0.4) is 0 Å². The molecule has 3 heterocycles. The Morgan fingerprint density at radius 2 is 1.98 bits per heavy atom. The summed E-state index contributed by atoms with van der Waals surface area (Å²) in [5, 5.41) is 7.01. The molecule has 0 radical (unpaired) electrons. The maximum Gasteiger partial charge on any atom is 0.276 e. The number of amides is 3. The van der Waals surface area contributed by atoms with Gasteiger partial charge in [-0.05, 0) is 49.1 Å². The molecule has 1 saturated heterocycles. The van der Waals surface area contributed by atoms with Gasteiger partial charge in [-0.1, -0.05) is 31.1 Å². The van der Waals surface area contributed by atoms with E-state index in [1.54, 1.807) is 36.2 Å². The van der Waals surface area contributed by atoms with Crippen molar-refractivity contribution in [1.29, 1.82) is 0 Å². The molecule has 0 saturated carbocycles. The van der Waals surface area contributed by atoms with Crippen molar-refractivity contribution in [2.45, 2.75) is 52.4 Å². The van der Waals surface area contributed by atoms with E-state index < -0.39 is 6.04 Å². The van der Waals surface area contributed by atoms with Crippen LogP contribution in [-0.4, -0.2) is 78.1 Å². The lowest BCUT2D eigenvalue weighted by Gasteiger charge is -2.38. The standard InChI is InChI=1S/C32H38N4O7/c1-5-40-24-13-22-14-25(15-24)42-23-8-6-7-21(12-23)19-41-29-9-10-36(17-28(29)33-30(37)18-35(4)31(22)38)32(39)27-16-26(43-34-27)11-20(2)3/h6-8,12-16,20,28-29H,5,9-11,17-19H2,1-4H3,(H,33,37)/t28-,29+/m0/s1. The maximum atomic E-state index is 13.4. The zero-order valence-corrected chi connectivity index (χ0v) is 25.0. The Bertz CT molecular complexity index is 1470. The minimum absolute atomic E-state index is 0.189. The van der Waals surface area contributed by atoms with E-state index in [9.17, 15) is 14.4 Å². The van der Waals surface area contributed by atoms with E-state index in [0.29, 0.717) is 60.5 Å². The lowest BCUT2D eigenvalue weighted by Crippen LogP contribution is -2.58. The molecule has 3 amide bonds. The lowest BCUT2D eigenvalue weighted by atomic mass is 10.0. The molecule has 11 nitrogen and oxygen atoms in total. The largest absolute Gasteiger partial charge is 0.494 e. The number of fused-ring (bicyclic) bond motifs is 5. The minimum Gasteiger partial charge on any atom is -0.494 e. The van der Waals surface area contributed by atoms with Crippen LogP contribution in [0, 0.1) is 5.92 Å². The van der Waals surface area contributed by atoms with Crippen LogP contribution < -0.4 is 14.8 Å². The molecule has 0 spiro atoms. The van der Waals surface area contributed by atoms with Crippen LogP contribution in [0.15, 0.2) is 53.1 Å². The topological polar surface area (TPSA) is 123 Å². The number of rotatable bonds is 5. The number of piperidine rings is 1. The van der Waals surface area contributed by atoms with Gasteiger partial charge in [0.15, 0.2) is 5.69 Å². The summed E-state index contributed by atoms with van der Waals surface area (Å²) in [6, 6.07) is 13.7. The van der Waals surface area contributed by atoms with Crippen molar-refractivity contribution in [1.82, 2.24) is 20.3 Å². The Labute approximate surface area is 251 Å². The summed E-state index contributed by atoms with van der Waals surface area (Å²) in [6.45, 7) is 7.16. The van der Waals surface area contributed by atoms with Crippen molar-refractivity contribution >= 4 is 17.7 Å². The van der Waals surface area contributed by atoms with Crippen LogP contribution in [0.5, 0.6) is 17.2 Å². The van der Waals surface area contributed by atoms with Gasteiger partial charge in [0.2, 0.25) is 5.91 Å². The molecule has 4 bridgehead atoms. The van der Waals surface area contributed by atoms with Crippen molar-refractivity contribution in [2.75, 3.05) is 33.3 Å². The first-order chi connectivity index (χ1) is 20.7. The van der Waals surface area contributed by atoms with E-state index in [4.69, 9.17) is 18.7 Å². The van der Waals surface area contributed by atoms with Crippen LogP contribution in [0.4, 0.5) is 0 Å². The number of nitrogens with zero attached hydrogens (tertiary/aromatic N) is 3. The zero-order chi connectivity index (χ0) is 30.5. The first-order valence-corrected chi connectivity index (χ1v) is 14.6. The molecule has 1 fully saturated rings. The molecule has 2 aliphatic heterocycles. The molecule has 43 heavy (non-hydrogen) atoms. The van der Waals surface area contributed by atoms with E-state index in [1.807, 2.05) is 31.2 Å². The predicted octanol–water partition coefficient (Wildman–Crippen LogP) is 4.07. The molecule has 2 aliphatic rings. The van der Waals surface area contributed by atoms with Gasteiger partial charge in [-0.3, -0.25) is 14.4 Å². The van der Waals surface area contributed by atoms with Gasteiger partial charge in [0, 0.05) is 44.3 Å². The second-order valence-corrected chi connectivity index (χ2v) is 11.4. The molecule has 0 aliphatic carbocycles. The summed E-state index contributed by atoms with van der Waals surface area (Å²) < 4.78 is 23.5. The van der Waals surface area contributed by atoms with E-state index in [0.717, 1.165) is 5.56 Å². The number of carbonyl (C=O) groups excluding carboxylic acids is 3. The van der Waals surface area contributed by atoms with E-state index in [-0.39, 0.29) is 49.2 Å². The molecule has 228 valence electrons. The van der Waals surface area contributed by atoms with Gasteiger partial charge in [-0.2, -0.15) is 0 Å². The number of hydrogen-bond acceptors (Lipinski definition) is 8. The Balaban J connectivity index is 1.39. The second-order valence-electron chi connectivity index (χ2n) is 11.4. The van der Waals surface area contributed by atoms with Crippen LogP contribution >= 0.6 is 0 Å². The molecule has 11 heteroatoms. The van der Waals surface area contributed by atoms with Gasteiger partial charge in [-0.25, -0.2) is 0 Å². The first kappa shape index (κ1) is 30.1. The Morgan fingerprint density at radius 1 is 1.14 bits per heavy atom.